The van der Waals surface area contributed by atoms with Gasteiger partial charge in [-0.2, -0.15) is 5.10 Å². The quantitative estimate of drug-likeness (QED) is 0.633. The van der Waals surface area contributed by atoms with Gasteiger partial charge in [0.15, 0.2) is 5.82 Å². The lowest BCUT2D eigenvalue weighted by atomic mass is 9.97. The Hall–Kier alpha value is -2.51. The van der Waals surface area contributed by atoms with Gasteiger partial charge in [-0.15, -0.1) is 0 Å². The zero-order chi connectivity index (χ0) is 21.5. The molecule has 1 aromatic carbocycles. The van der Waals surface area contributed by atoms with Gasteiger partial charge in [0.2, 0.25) is 0 Å². The standard InChI is InChI=1S/C25H30N6O/c1-17-27-22(29-7-9-30(10-8-29)24(2)15-32-16-24)12-23(28-17)31-21-11-18(3-4-19(21)14-26-31)20-13-25(20)5-6-25/h3-4,11-12,14,20H,5-10,13,15-16H2,1-2H3. The van der Waals surface area contributed by atoms with E-state index >= 15 is 0 Å². The molecule has 7 rings (SSSR count). The van der Waals surface area contributed by atoms with Gasteiger partial charge in [-0.3, -0.25) is 4.90 Å². The van der Waals surface area contributed by atoms with E-state index in [0.29, 0.717) is 5.41 Å². The van der Waals surface area contributed by atoms with Crippen molar-refractivity contribution in [2.45, 2.75) is 44.6 Å². The van der Waals surface area contributed by atoms with Crippen LogP contribution in [0.25, 0.3) is 16.7 Å². The third kappa shape index (κ3) is 2.90. The summed E-state index contributed by atoms with van der Waals surface area (Å²) in [5.41, 5.74) is 3.48. The van der Waals surface area contributed by atoms with E-state index < -0.39 is 0 Å². The van der Waals surface area contributed by atoms with Crippen molar-refractivity contribution in [1.29, 1.82) is 0 Å². The Balaban J connectivity index is 1.18. The number of aryl methyl sites for hydroxylation is 1. The van der Waals surface area contributed by atoms with Gasteiger partial charge in [0.25, 0.3) is 0 Å². The predicted molar refractivity (Wildman–Crippen MR) is 123 cm³/mol. The van der Waals surface area contributed by atoms with Crippen molar-refractivity contribution in [3.8, 4) is 5.82 Å². The maximum absolute atomic E-state index is 5.47. The number of piperazine rings is 1. The molecule has 32 heavy (non-hydrogen) atoms. The van der Waals surface area contributed by atoms with E-state index in [0.717, 1.165) is 68.3 Å². The van der Waals surface area contributed by atoms with Crippen LogP contribution in [0.5, 0.6) is 0 Å². The van der Waals surface area contributed by atoms with Crippen molar-refractivity contribution in [1.82, 2.24) is 24.6 Å². The van der Waals surface area contributed by atoms with E-state index in [9.17, 15) is 0 Å². The third-order valence-corrected chi connectivity index (χ3v) is 8.30. The first-order valence-corrected chi connectivity index (χ1v) is 11.9. The van der Waals surface area contributed by atoms with Crippen molar-refractivity contribution in [2.24, 2.45) is 5.41 Å². The molecule has 4 heterocycles. The molecule has 1 unspecified atom stereocenters. The minimum absolute atomic E-state index is 0.213. The molecule has 0 radical (unpaired) electrons. The van der Waals surface area contributed by atoms with Crippen LogP contribution in [0.2, 0.25) is 0 Å². The Bertz CT molecular complexity index is 1200. The molecule has 2 aliphatic heterocycles. The largest absolute Gasteiger partial charge is 0.377 e. The summed E-state index contributed by atoms with van der Waals surface area (Å²) in [4.78, 5) is 14.5. The molecule has 0 bridgehead atoms. The minimum Gasteiger partial charge on any atom is -0.377 e. The Morgan fingerprint density at radius 1 is 1.00 bits per heavy atom. The van der Waals surface area contributed by atoms with Crippen LogP contribution in [0.3, 0.4) is 0 Å². The summed E-state index contributed by atoms with van der Waals surface area (Å²) in [5, 5.41) is 5.88. The van der Waals surface area contributed by atoms with Crippen molar-refractivity contribution < 1.29 is 4.74 Å². The fourth-order valence-corrected chi connectivity index (χ4v) is 5.83. The molecule has 7 heteroatoms. The van der Waals surface area contributed by atoms with Gasteiger partial charge in [0, 0.05) is 37.6 Å². The summed E-state index contributed by atoms with van der Waals surface area (Å²) in [6.45, 7) is 10.0. The first-order valence-electron chi connectivity index (χ1n) is 11.9. The lowest BCUT2D eigenvalue weighted by molar-refractivity contribution is -0.131. The number of hydrogen-bond donors (Lipinski definition) is 0. The molecule has 1 spiro atoms. The van der Waals surface area contributed by atoms with Crippen molar-refractivity contribution in [2.75, 3.05) is 44.3 Å². The van der Waals surface area contributed by atoms with Crippen molar-refractivity contribution >= 4 is 16.7 Å². The number of ether oxygens (including phenoxy) is 1. The van der Waals surface area contributed by atoms with Gasteiger partial charge in [-0.25, -0.2) is 14.6 Å². The van der Waals surface area contributed by atoms with Crippen molar-refractivity contribution in [3.05, 3.63) is 41.9 Å². The number of nitrogens with zero attached hydrogens (tertiary/aromatic N) is 6. The van der Waals surface area contributed by atoms with Gasteiger partial charge in [-0.1, -0.05) is 12.1 Å². The molecule has 3 aromatic rings. The molecule has 4 aliphatic rings. The predicted octanol–water partition coefficient (Wildman–Crippen LogP) is 3.30. The molecule has 2 saturated carbocycles. The molecule has 0 amide bonds. The number of rotatable bonds is 4. The second-order valence-electron chi connectivity index (χ2n) is 10.6. The summed E-state index contributed by atoms with van der Waals surface area (Å²) in [7, 11) is 0. The Morgan fingerprint density at radius 2 is 1.78 bits per heavy atom. The highest BCUT2D eigenvalue weighted by atomic mass is 16.5. The average molecular weight is 431 g/mol. The highest BCUT2D eigenvalue weighted by Gasteiger charge is 2.62. The Labute approximate surface area is 188 Å². The molecule has 166 valence electrons. The van der Waals surface area contributed by atoms with Crippen LogP contribution in [0, 0.1) is 12.3 Å². The van der Waals surface area contributed by atoms with Gasteiger partial charge in [0.1, 0.15) is 11.6 Å². The normalized spacial score (nSPS) is 25.8. The van der Waals surface area contributed by atoms with E-state index in [4.69, 9.17) is 19.8 Å². The van der Waals surface area contributed by atoms with E-state index in [2.05, 4.69) is 41.0 Å². The van der Waals surface area contributed by atoms with Crippen LogP contribution in [-0.2, 0) is 4.74 Å². The van der Waals surface area contributed by atoms with Gasteiger partial charge in [0.05, 0.1) is 30.5 Å². The summed E-state index contributed by atoms with van der Waals surface area (Å²) in [6, 6.07) is 8.98. The first-order chi connectivity index (χ1) is 15.5. The lowest BCUT2D eigenvalue weighted by Crippen LogP contribution is -2.64. The summed E-state index contributed by atoms with van der Waals surface area (Å²) >= 11 is 0. The maximum atomic E-state index is 5.47. The second kappa shape index (κ2) is 6.51. The Morgan fingerprint density at radius 3 is 2.47 bits per heavy atom. The fourth-order valence-electron chi connectivity index (χ4n) is 5.83. The van der Waals surface area contributed by atoms with E-state index in [1.807, 2.05) is 17.8 Å². The SMILES string of the molecule is Cc1nc(N2CCN(C3(C)COC3)CC2)cc(-n2ncc3ccc(C4CC45CC5)cc32)n1. The van der Waals surface area contributed by atoms with E-state index in [1.54, 1.807) is 0 Å². The molecule has 2 aromatic heterocycles. The summed E-state index contributed by atoms with van der Waals surface area (Å²) < 4.78 is 7.47. The number of anilines is 1. The van der Waals surface area contributed by atoms with Crippen LogP contribution in [0.4, 0.5) is 5.82 Å². The summed E-state index contributed by atoms with van der Waals surface area (Å²) in [6.07, 6.45) is 6.13. The maximum Gasteiger partial charge on any atom is 0.159 e. The second-order valence-corrected chi connectivity index (χ2v) is 10.6. The zero-order valence-corrected chi connectivity index (χ0v) is 18.9. The van der Waals surface area contributed by atoms with Crippen LogP contribution >= 0.6 is 0 Å². The number of fused-ring (bicyclic) bond motifs is 1. The number of benzene rings is 1. The zero-order valence-electron chi connectivity index (χ0n) is 18.9. The average Bonchev–Trinajstić information content (AvgIpc) is 3.68. The van der Waals surface area contributed by atoms with Crippen LogP contribution < -0.4 is 4.90 Å². The van der Waals surface area contributed by atoms with Gasteiger partial charge < -0.3 is 9.64 Å². The van der Waals surface area contributed by atoms with Crippen LogP contribution in [-0.4, -0.2) is 69.6 Å². The molecule has 1 atom stereocenters. The fraction of sp³-hybridized carbons (Fsp3) is 0.560. The summed E-state index contributed by atoms with van der Waals surface area (Å²) in [5.74, 6) is 3.40. The highest BCUT2D eigenvalue weighted by molar-refractivity contribution is 5.81. The minimum atomic E-state index is 0.213. The molecule has 0 N–H and O–H groups in total. The topological polar surface area (TPSA) is 59.3 Å². The van der Waals surface area contributed by atoms with E-state index in [-0.39, 0.29) is 5.54 Å². The molecule has 2 saturated heterocycles. The number of aromatic nitrogens is 4. The first kappa shape index (κ1) is 19.0. The molecular weight excluding hydrogens is 400 g/mol. The van der Waals surface area contributed by atoms with Crippen LogP contribution in [0.15, 0.2) is 30.5 Å². The molecule has 2 aliphatic carbocycles. The molecular formula is C25H30N6O. The Kier molecular flexibility index (Phi) is 3.87. The number of hydrogen-bond acceptors (Lipinski definition) is 6. The lowest BCUT2D eigenvalue weighted by Gasteiger charge is -2.50. The monoisotopic (exact) mass is 430 g/mol. The third-order valence-electron chi connectivity index (χ3n) is 8.30. The van der Waals surface area contributed by atoms with Gasteiger partial charge >= 0.3 is 0 Å². The van der Waals surface area contributed by atoms with Crippen LogP contribution in [0.1, 0.15) is 43.5 Å². The molecule has 7 nitrogen and oxygen atoms in total. The van der Waals surface area contributed by atoms with Crippen molar-refractivity contribution in [3.63, 3.8) is 0 Å². The van der Waals surface area contributed by atoms with E-state index in [1.165, 1.54) is 30.2 Å². The van der Waals surface area contributed by atoms with Gasteiger partial charge in [-0.05, 0) is 56.1 Å². The smallest absolute Gasteiger partial charge is 0.159 e. The highest BCUT2D eigenvalue weighted by Crippen LogP contribution is 2.75. The molecule has 4 fully saturated rings.